The van der Waals surface area contributed by atoms with E-state index in [1.54, 1.807) is 27.3 Å². The molecule has 19 heavy (non-hydrogen) atoms. The standard InChI is InChI=1S/C15H19NO3/c1-15(17,10-14(18-2)19-3)12-7-4-8-13-11(12)6-5-9-16-13/h4-9,14,17H,10H2,1-3H3. The molecule has 1 N–H and O–H groups in total. The van der Waals surface area contributed by atoms with Gasteiger partial charge in [0.2, 0.25) is 0 Å². The van der Waals surface area contributed by atoms with Crippen LogP contribution in [0.15, 0.2) is 36.5 Å². The van der Waals surface area contributed by atoms with Crippen LogP contribution < -0.4 is 0 Å². The predicted molar refractivity (Wildman–Crippen MR) is 73.7 cm³/mol. The number of fused-ring (bicyclic) bond motifs is 1. The van der Waals surface area contributed by atoms with Crippen LogP contribution in [0, 0.1) is 0 Å². The Kier molecular flexibility index (Phi) is 4.14. The Labute approximate surface area is 113 Å². The maximum atomic E-state index is 10.7. The lowest BCUT2D eigenvalue weighted by atomic mass is 9.89. The van der Waals surface area contributed by atoms with E-state index >= 15 is 0 Å². The van der Waals surface area contributed by atoms with Gasteiger partial charge in [0, 0.05) is 32.2 Å². The quantitative estimate of drug-likeness (QED) is 0.840. The lowest BCUT2D eigenvalue weighted by molar-refractivity contribution is -0.141. The molecule has 2 rings (SSSR count). The summed E-state index contributed by atoms with van der Waals surface area (Å²) < 4.78 is 10.3. The normalized spacial score (nSPS) is 14.8. The Bertz CT molecular complexity index is 545. The summed E-state index contributed by atoms with van der Waals surface area (Å²) in [6.07, 6.45) is 1.66. The molecule has 0 saturated heterocycles. The fourth-order valence-corrected chi connectivity index (χ4v) is 2.27. The van der Waals surface area contributed by atoms with Crippen molar-refractivity contribution in [3.8, 4) is 0 Å². The van der Waals surface area contributed by atoms with Crippen molar-refractivity contribution in [1.29, 1.82) is 0 Å². The summed E-state index contributed by atoms with van der Waals surface area (Å²) in [5, 5.41) is 11.7. The molecule has 2 aromatic rings. The number of methoxy groups -OCH3 is 2. The summed E-state index contributed by atoms with van der Waals surface area (Å²) in [4.78, 5) is 4.30. The van der Waals surface area contributed by atoms with Crippen LogP contribution in [0.2, 0.25) is 0 Å². The molecule has 0 saturated carbocycles. The first-order valence-corrected chi connectivity index (χ1v) is 6.20. The van der Waals surface area contributed by atoms with Crippen molar-refractivity contribution in [2.24, 2.45) is 0 Å². The molecule has 0 aliphatic heterocycles. The van der Waals surface area contributed by atoms with E-state index in [2.05, 4.69) is 4.98 Å². The SMILES string of the molecule is COC(CC(C)(O)c1cccc2ncccc12)OC. The Morgan fingerprint density at radius 2 is 1.95 bits per heavy atom. The van der Waals surface area contributed by atoms with Gasteiger partial charge in [0.05, 0.1) is 11.1 Å². The Hall–Kier alpha value is -1.49. The maximum Gasteiger partial charge on any atom is 0.159 e. The van der Waals surface area contributed by atoms with Crippen molar-refractivity contribution in [3.63, 3.8) is 0 Å². The summed E-state index contributed by atoms with van der Waals surface area (Å²) >= 11 is 0. The van der Waals surface area contributed by atoms with Gasteiger partial charge in [-0.1, -0.05) is 18.2 Å². The largest absolute Gasteiger partial charge is 0.385 e. The van der Waals surface area contributed by atoms with Crippen molar-refractivity contribution < 1.29 is 14.6 Å². The topological polar surface area (TPSA) is 51.6 Å². The number of aliphatic hydroxyl groups is 1. The molecule has 0 amide bonds. The molecule has 0 bridgehead atoms. The third-order valence-electron chi connectivity index (χ3n) is 3.32. The molecule has 0 aliphatic rings. The molecule has 1 heterocycles. The average molecular weight is 261 g/mol. The highest BCUT2D eigenvalue weighted by Crippen LogP contribution is 2.32. The molecule has 4 heteroatoms. The molecule has 4 nitrogen and oxygen atoms in total. The van der Waals surface area contributed by atoms with Gasteiger partial charge in [-0.25, -0.2) is 0 Å². The summed E-state index contributed by atoms with van der Waals surface area (Å²) in [5.41, 5.74) is 0.656. The molecule has 1 aromatic heterocycles. The minimum absolute atomic E-state index is 0.355. The van der Waals surface area contributed by atoms with Gasteiger partial charge in [-0.2, -0.15) is 0 Å². The fourth-order valence-electron chi connectivity index (χ4n) is 2.27. The summed E-state index contributed by atoms with van der Waals surface area (Å²) in [6.45, 7) is 1.76. The number of hydrogen-bond acceptors (Lipinski definition) is 4. The Morgan fingerprint density at radius 3 is 2.63 bits per heavy atom. The van der Waals surface area contributed by atoms with Gasteiger partial charge in [-0.05, 0) is 24.6 Å². The maximum absolute atomic E-state index is 10.7. The van der Waals surface area contributed by atoms with Gasteiger partial charge in [0.15, 0.2) is 6.29 Å². The highest BCUT2D eigenvalue weighted by Gasteiger charge is 2.29. The third-order valence-corrected chi connectivity index (χ3v) is 3.32. The zero-order valence-corrected chi connectivity index (χ0v) is 11.5. The molecule has 1 unspecified atom stereocenters. The summed E-state index contributed by atoms with van der Waals surface area (Å²) in [7, 11) is 3.13. The second-order valence-corrected chi connectivity index (χ2v) is 4.75. The van der Waals surface area contributed by atoms with Crippen molar-refractivity contribution in [1.82, 2.24) is 4.98 Å². The number of rotatable bonds is 5. The van der Waals surface area contributed by atoms with Crippen molar-refractivity contribution in [3.05, 3.63) is 42.1 Å². The van der Waals surface area contributed by atoms with Crippen LogP contribution in [0.1, 0.15) is 18.9 Å². The van der Waals surface area contributed by atoms with E-state index in [1.807, 2.05) is 30.3 Å². The van der Waals surface area contributed by atoms with E-state index in [-0.39, 0.29) is 0 Å². The Balaban J connectivity index is 2.42. The molecule has 0 aliphatic carbocycles. The summed E-state index contributed by atoms with van der Waals surface area (Å²) in [6, 6.07) is 9.56. The van der Waals surface area contributed by atoms with E-state index in [9.17, 15) is 5.11 Å². The molecular weight excluding hydrogens is 242 g/mol. The molecular formula is C15H19NO3. The van der Waals surface area contributed by atoms with Crippen molar-refractivity contribution in [2.45, 2.75) is 25.2 Å². The average Bonchev–Trinajstić information content (AvgIpc) is 2.44. The van der Waals surface area contributed by atoms with Crippen LogP contribution in [0.4, 0.5) is 0 Å². The minimum Gasteiger partial charge on any atom is -0.385 e. The molecule has 102 valence electrons. The monoisotopic (exact) mass is 261 g/mol. The van der Waals surface area contributed by atoms with Crippen LogP contribution in [0.25, 0.3) is 10.9 Å². The van der Waals surface area contributed by atoms with Crippen molar-refractivity contribution in [2.75, 3.05) is 14.2 Å². The molecule has 0 spiro atoms. The Morgan fingerprint density at radius 1 is 1.21 bits per heavy atom. The van der Waals surface area contributed by atoms with Gasteiger partial charge in [-0.3, -0.25) is 4.98 Å². The first-order chi connectivity index (χ1) is 9.08. The number of benzene rings is 1. The van der Waals surface area contributed by atoms with Gasteiger partial charge >= 0.3 is 0 Å². The van der Waals surface area contributed by atoms with Gasteiger partial charge in [0.25, 0.3) is 0 Å². The molecule has 1 atom stereocenters. The predicted octanol–water partition coefficient (Wildman–Crippen LogP) is 2.45. The van der Waals surface area contributed by atoms with Crippen LogP contribution in [0.5, 0.6) is 0 Å². The second kappa shape index (κ2) is 5.65. The number of pyridine rings is 1. The van der Waals surface area contributed by atoms with Crippen LogP contribution in [-0.4, -0.2) is 30.6 Å². The molecule has 0 fully saturated rings. The fraction of sp³-hybridized carbons (Fsp3) is 0.400. The first kappa shape index (κ1) is 13.9. The van der Waals surface area contributed by atoms with E-state index in [0.29, 0.717) is 6.42 Å². The lowest BCUT2D eigenvalue weighted by Crippen LogP contribution is -2.29. The third kappa shape index (κ3) is 2.92. The van der Waals surface area contributed by atoms with E-state index in [0.717, 1.165) is 16.5 Å². The van der Waals surface area contributed by atoms with Crippen LogP contribution >= 0.6 is 0 Å². The molecule has 0 radical (unpaired) electrons. The van der Waals surface area contributed by atoms with Gasteiger partial charge < -0.3 is 14.6 Å². The van der Waals surface area contributed by atoms with Crippen LogP contribution in [-0.2, 0) is 15.1 Å². The first-order valence-electron chi connectivity index (χ1n) is 6.20. The number of hydrogen-bond donors (Lipinski definition) is 1. The zero-order chi connectivity index (χ0) is 13.9. The summed E-state index contributed by atoms with van der Waals surface area (Å²) in [5.74, 6) is 0. The van der Waals surface area contributed by atoms with E-state index in [1.165, 1.54) is 0 Å². The van der Waals surface area contributed by atoms with Gasteiger partial charge in [-0.15, -0.1) is 0 Å². The molecule has 1 aromatic carbocycles. The second-order valence-electron chi connectivity index (χ2n) is 4.75. The van der Waals surface area contributed by atoms with E-state index < -0.39 is 11.9 Å². The van der Waals surface area contributed by atoms with E-state index in [4.69, 9.17) is 9.47 Å². The highest BCUT2D eigenvalue weighted by molar-refractivity contribution is 5.82. The zero-order valence-electron chi connectivity index (χ0n) is 11.5. The lowest BCUT2D eigenvalue weighted by Gasteiger charge is -2.28. The van der Waals surface area contributed by atoms with Gasteiger partial charge in [0.1, 0.15) is 0 Å². The van der Waals surface area contributed by atoms with Crippen LogP contribution in [0.3, 0.4) is 0 Å². The number of nitrogens with zero attached hydrogens (tertiary/aromatic N) is 1. The minimum atomic E-state index is -1.04. The number of ether oxygens (including phenoxy) is 2. The number of aromatic nitrogens is 1. The smallest absolute Gasteiger partial charge is 0.159 e. The highest BCUT2D eigenvalue weighted by atomic mass is 16.7. The van der Waals surface area contributed by atoms with Crippen molar-refractivity contribution >= 4 is 10.9 Å².